The second-order valence-electron chi connectivity index (χ2n) is 5.08. The first-order valence-corrected chi connectivity index (χ1v) is 7.28. The van der Waals surface area contributed by atoms with Crippen molar-refractivity contribution >= 4 is 5.97 Å². The predicted octanol–water partition coefficient (Wildman–Crippen LogP) is 3.40. The summed E-state index contributed by atoms with van der Waals surface area (Å²) in [6.07, 6.45) is 0.851. The lowest BCUT2D eigenvalue weighted by Crippen LogP contribution is -2.00. The van der Waals surface area contributed by atoms with E-state index in [1.54, 1.807) is 0 Å². The number of aromatic carboxylic acids is 1. The molecule has 5 heteroatoms. The lowest BCUT2D eigenvalue weighted by molar-refractivity contribution is 0.0690. The molecule has 3 aromatic rings. The molecule has 116 valence electrons. The summed E-state index contributed by atoms with van der Waals surface area (Å²) in [5, 5.41) is 15.4. The lowest BCUT2D eigenvalue weighted by Gasteiger charge is -2.06. The molecule has 1 heterocycles. The molecule has 0 aliphatic heterocycles. The van der Waals surface area contributed by atoms with Crippen LogP contribution in [-0.4, -0.2) is 27.9 Å². The number of aromatic amines is 1. The molecule has 0 saturated carbocycles. The fraction of sp³-hybridized carbons (Fsp3) is 0.111. The van der Waals surface area contributed by atoms with Crippen LogP contribution in [-0.2, 0) is 6.42 Å². The fourth-order valence-corrected chi connectivity index (χ4v) is 2.23. The molecule has 0 atom stereocenters. The largest absolute Gasteiger partial charge is 0.493 e. The molecular formula is C18H16N2O3. The third kappa shape index (κ3) is 3.77. The molecule has 1 aromatic heterocycles. The molecule has 0 unspecified atom stereocenters. The molecule has 0 saturated heterocycles. The predicted molar refractivity (Wildman–Crippen MR) is 86.6 cm³/mol. The standard InChI is InChI=1S/C18H16N2O3/c21-18(22)17-12-16(19-20-17)14-6-8-15(9-7-14)23-11-10-13-4-2-1-3-5-13/h1-9,12H,10-11H2,(H,19,20)(H,21,22). The van der Waals surface area contributed by atoms with Crippen LogP contribution >= 0.6 is 0 Å². The van der Waals surface area contributed by atoms with Crippen molar-refractivity contribution < 1.29 is 14.6 Å². The van der Waals surface area contributed by atoms with Gasteiger partial charge in [-0.2, -0.15) is 5.10 Å². The summed E-state index contributed by atoms with van der Waals surface area (Å²) in [6, 6.07) is 19.1. The summed E-state index contributed by atoms with van der Waals surface area (Å²) in [7, 11) is 0. The number of carboxylic acids is 1. The van der Waals surface area contributed by atoms with E-state index in [9.17, 15) is 4.79 Å². The van der Waals surface area contributed by atoms with Crippen LogP contribution in [0.5, 0.6) is 5.75 Å². The zero-order chi connectivity index (χ0) is 16.1. The van der Waals surface area contributed by atoms with Gasteiger partial charge in [-0.05, 0) is 35.9 Å². The minimum atomic E-state index is -1.02. The van der Waals surface area contributed by atoms with Gasteiger partial charge in [0.05, 0.1) is 12.3 Å². The van der Waals surface area contributed by atoms with Crippen LogP contribution in [0.4, 0.5) is 0 Å². The van der Waals surface area contributed by atoms with Gasteiger partial charge in [0.15, 0.2) is 0 Å². The van der Waals surface area contributed by atoms with Gasteiger partial charge in [-0.1, -0.05) is 30.3 Å². The Bertz CT molecular complexity index is 780. The second kappa shape index (κ2) is 6.79. The van der Waals surface area contributed by atoms with Crippen molar-refractivity contribution in [1.82, 2.24) is 10.2 Å². The highest BCUT2D eigenvalue weighted by Crippen LogP contribution is 2.21. The average molecular weight is 308 g/mol. The number of nitrogens with zero attached hydrogens (tertiary/aromatic N) is 1. The van der Waals surface area contributed by atoms with Gasteiger partial charge in [0.25, 0.3) is 0 Å². The maximum atomic E-state index is 10.8. The number of carboxylic acid groups (broad SMARTS) is 1. The zero-order valence-electron chi connectivity index (χ0n) is 12.4. The van der Waals surface area contributed by atoms with Crippen molar-refractivity contribution in [3.05, 3.63) is 71.9 Å². The SMILES string of the molecule is O=C(O)c1cc(-c2ccc(OCCc3ccccc3)cc2)n[nH]1. The normalized spacial score (nSPS) is 10.4. The summed E-state index contributed by atoms with van der Waals surface area (Å²) in [5.74, 6) is -0.247. The zero-order valence-corrected chi connectivity index (χ0v) is 12.4. The van der Waals surface area contributed by atoms with Crippen LogP contribution in [0.1, 0.15) is 16.1 Å². The number of carbonyl (C=O) groups is 1. The van der Waals surface area contributed by atoms with Gasteiger partial charge in [-0.15, -0.1) is 0 Å². The molecule has 5 nitrogen and oxygen atoms in total. The molecular weight excluding hydrogens is 292 g/mol. The number of H-pyrrole nitrogens is 1. The van der Waals surface area contributed by atoms with Crippen LogP contribution in [0.3, 0.4) is 0 Å². The first kappa shape index (κ1) is 14.8. The van der Waals surface area contributed by atoms with E-state index in [0.717, 1.165) is 17.7 Å². The molecule has 0 fully saturated rings. The van der Waals surface area contributed by atoms with Gasteiger partial charge in [0, 0.05) is 12.0 Å². The van der Waals surface area contributed by atoms with E-state index in [4.69, 9.17) is 9.84 Å². The van der Waals surface area contributed by atoms with Gasteiger partial charge < -0.3 is 9.84 Å². The first-order valence-electron chi connectivity index (χ1n) is 7.28. The second-order valence-corrected chi connectivity index (χ2v) is 5.08. The molecule has 0 aliphatic rings. The molecule has 23 heavy (non-hydrogen) atoms. The smallest absolute Gasteiger partial charge is 0.353 e. The van der Waals surface area contributed by atoms with Crippen molar-refractivity contribution in [2.24, 2.45) is 0 Å². The summed E-state index contributed by atoms with van der Waals surface area (Å²) >= 11 is 0. The van der Waals surface area contributed by atoms with E-state index in [0.29, 0.717) is 12.3 Å². The van der Waals surface area contributed by atoms with Crippen molar-refractivity contribution in [3.63, 3.8) is 0 Å². The average Bonchev–Trinajstić information content (AvgIpc) is 3.07. The maximum absolute atomic E-state index is 10.8. The van der Waals surface area contributed by atoms with Crippen LogP contribution in [0, 0.1) is 0 Å². The van der Waals surface area contributed by atoms with Gasteiger partial charge in [-0.3, -0.25) is 5.10 Å². The Kier molecular flexibility index (Phi) is 4.38. The van der Waals surface area contributed by atoms with Crippen molar-refractivity contribution in [2.75, 3.05) is 6.61 Å². The Morgan fingerprint density at radius 1 is 1.09 bits per heavy atom. The number of hydrogen-bond acceptors (Lipinski definition) is 3. The maximum Gasteiger partial charge on any atom is 0.353 e. The molecule has 3 rings (SSSR count). The number of aromatic nitrogens is 2. The third-order valence-electron chi connectivity index (χ3n) is 3.46. The highest BCUT2D eigenvalue weighted by Gasteiger charge is 2.09. The topological polar surface area (TPSA) is 75.2 Å². The Hall–Kier alpha value is -3.08. The summed E-state index contributed by atoms with van der Waals surface area (Å²) in [6.45, 7) is 0.606. The lowest BCUT2D eigenvalue weighted by atomic mass is 10.1. The first-order chi connectivity index (χ1) is 11.2. The molecule has 0 bridgehead atoms. The highest BCUT2D eigenvalue weighted by atomic mass is 16.5. The molecule has 0 spiro atoms. The molecule has 0 aliphatic carbocycles. The fourth-order valence-electron chi connectivity index (χ4n) is 2.23. The summed E-state index contributed by atoms with van der Waals surface area (Å²) in [4.78, 5) is 10.8. The highest BCUT2D eigenvalue weighted by molar-refractivity contribution is 5.86. The van der Waals surface area contributed by atoms with Crippen LogP contribution < -0.4 is 4.74 Å². The molecule has 0 amide bonds. The number of rotatable bonds is 6. The number of hydrogen-bond donors (Lipinski definition) is 2. The van der Waals surface area contributed by atoms with Crippen molar-refractivity contribution in [2.45, 2.75) is 6.42 Å². The minimum Gasteiger partial charge on any atom is -0.493 e. The monoisotopic (exact) mass is 308 g/mol. The third-order valence-corrected chi connectivity index (χ3v) is 3.46. The van der Waals surface area contributed by atoms with Crippen LogP contribution in [0.2, 0.25) is 0 Å². The Morgan fingerprint density at radius 2 is 1.83 bits per heavy atom. The molecule has 2 N–H and O–H groups in total. The quantitative estimate of drug-likeness (QED) is 0.732. The van der Waals surface area contributed by atoms with Gasteiger partial charge in [0.1, 0.15) is 11.4 Å². The van der Waals surface area contributed by atoms with E-state index in [2.05, 4.69) is 22.3 Å². The number of nitrogens with one attached hydrogen (secondary N) is 1. The number of benzene rings is 2. The van der Waals surface area contributed by atoms with Crippen molar-refractivity contribution in [3.8, 4) is 17.0 Å². The summed E-state index contributed by atoms with van der Waals surface area (Å²) < 4.78 is 5.72. The summed E-state index contributed by atoms with van der Waals surface area (Å²) in [5.41, 5.74) is 2.74. The van der Waals surface area contributed by atoms with Gasteiger partial charge in [-0.25, -0.2) is 4.79 Å². The van der Waals surface area contributed by atoms with Crippen LogP contribution in [0.15, 0.2) is 60.7 Å². The Morgan fingerprint density at radius 3 is 2.48 bits per heavy atom. The Balaban J connectivity index is 1.59. The van der Waals surface area contributed by atoms with E-state index in [1.807, 2.05) is 42.5 Å². The van der Waals surface area contributed by atoms with E-state index in [-0.39, 0.29) is 5.69 Å². The Labute approximate surface area is 133 Å². The molecule has 2 aromatic carbocycles. The molecule has 0 radical (unpaired) electrons. The number of ether oxygens (including phenoxy) is 1. The van der Waals surface area contributed by atoms with Gasteiger partial charge >= 0.3 is 5.97 Å². The van der Waals surface area contributed by atoms with E-state index < -0.39 is 5.97 Å². The van der Waals surface area contributed by atoms with Gasteiger partial charge in [0.2, 0.25) is 0 Å². The minimum absolute atomic E-state index is 0.0724. The van der Waals surface area contributed by atoms with Crippen molar-refractivity contribution in [1.29, 1.82) is 0 Å². The van der Waals surface area contributed by atoms with Crippen LogP contribution in [0.25, 0.3) is 11.3 Å². The van der Waals surface area contributed by atoms with E-state index in [1.165, 1.54) is 11.6 Å². The van der Waals surface area contributed by atoms with E-state index >= 15 is 0 Å².